The molecule has 2 rings (SSSR count). The molecule has 0 aromatic heterocycles. The molecule has 2 saturated heterocycles. The first-order valence-electron chi connectivity index (χ1n) is 7.71. The molecule has 2 aliphatic heterocycles. The van der Waals surface area contributed by atoms with Crippen LogP contribution >= 0.6 is 0 Å². The van der Waals surface area contributed by atoms with E-state index in [2.05, 4.69) is 11.8 Å². The van der Waals surface area contributed by atoms with Gasteiger partial charge in [-0.25, -0.2) is 0 Å². The maximum absolute atomic E-state index is 12.3. The van der Waals surface area contributed by atoms with Crippen molar-refractivity contribution in [3.8, 4) is 0 Å². The largest absolute Gasteiger partial charge is 0.481 e. The highest BCUT2D eigenvalue weighted by molar-refractivity contribution is 5.79. The summed E-state index contributed by atoms with van der Waals surface area (Å²) in [5.74, 6) is -0.922. The minimum absolute atomic E-state index is 0.110. The van der Waals surface area contributed by atoms with Gasteiger partial charge in [0, 0.05) is 26.7 Å². The van der Waals surface area contributed by atoms with Crippen molar-refractivity contribution in [3.63, 3.8) is 0 Å². The summed E-state index contributed by atoms with van der Waals surface area (Å²) in [7, 11) is 1.72. The molecular weight excluding hydrogens is 272 g/mol. The summed E-state index contributed by atoms with van der Waals surface area (Å²) in [6.45, 7) is 5.33. The molecule has 0 aromatic rings. The Kier molecular flexibility index (Phi) is 5.22. The fourth-order valence-electron chi connectivity index (χ4n) is 3.28. The van der Waals surface area contributed by atoms with Gasteiger partial charge in [0.1, 0.15) is 0 Å². The number of nitrogens with zero attached hydrogens (tertiary/aromatic N) is 2. The smallest absolute Gasteiger partial charge is 0.306 e. The minimum Gasteiger partial charge on any atom is -0.481 e. The van der Waals surface area contributed by atoms with Gasteiger partial charge in [0.15, 0.2) is 0 Å². The number of piperidine rings is 2. The van der Waals surface area contributed by atoms with Gasteiger partial charge >= 0.3 is 5.97 Å². The second-order valence-corrected chi connectivity index (χ2v) is 6.46. The number of amides is 1. The Balaban J connectivity index is 1.81. The Morgan fingerprint density at radius 3 is 2.52 bits per heavy atom. The zero-order valence-corrected chi connectivity index (χ0v) is 13.0. The SMILES string of the molecule is COC1(C)CCCN(CC(=O)N2CCC(C(=O)O)CC2)C1. The molecule has 0 aliphatic carbocycles. The summed E-state index contributed by atoms with van der Waals surface area (Å²) in [5, 5.41) is 8.98. The van der Waals surface area contributed by atoms with Crippen LogP contribution in [-0.4, -0.2) is 72.2 Å². The molecule has 1 atom stereocenters. The zero-order chi connectivity index (χ0) is 15.5. The summed E-state index contributed by atoms with van der Waals surface area (Å²) in [6.07, 6.45) is 3.20. The summed E-state index contributed by atoms with van der Waals surface area (Å²) in [5.41, 5.74) is -0.158. The van der Waals surface area contributed by atoms with Gasteiger partial charge in [0.25, 0.3) is 0 Å². The van der Waals surface area contributed by atoms with Crippen molar-refractivity contribution < 1.29 is 19.4 Å². The van der Waals surface area contributed by atoms with E-state index in [4.69, 9.17) is 9.84 Å². The third kappa shape index (κ3) is 4.17. The fraction of sp³-hybridized carbons (Fsp3) is 0.867. The fourth-order valence-corrected chi connectivity index (χ4v) is 3.28. The minimum atomic E-state index is -0.742. The summed E-state index contributed by atoms with van der Waals surface area (Å²) < 4.78 is 5.54. The highest BCUT2D eigenvalue weighted by Crippen LogP contribution is 2.24. The number of methoxy groups -OCH3 is 1. The van der Waals surface area contributed by atoms with E-state index >= 15 is 0 Å². The zero-order valence-electron chi connectivity index (χ0n) is 13.0. The van der Waals surface area contributed by atoms with Crippen molar-refractivity contribution in [2.75, 3.05) is 39.8 Å². The molecule has 1 unspecified atom stereocenters. The van der Waals surface area contributed by atoms with Gasteiger partial charge in [-0.1, -0.05) is 0 Å². The lowest BCUT2D eigenvalue weighted by atomic mass is 9.94. The molecule has 21 heavy (non-hydrogen) atoms. The van der Waals surface area contributed by atoms with E-state index in [1.165, 1.54) is 0 Å². The Hall–Kier alpha value is -1.14. The number of carboxylic acids is 1. The lowest BCUT2D eigenvalue weighted by Gasteiger charge is -2.40. The maximum Gasteiger partial charge on any atom is 0.306 e. The number of likely N-dealkylation sites (tertiary alicyclic amines) is 2. The number of rotatable bonds is 4. The number of carbonyl (C=O) groups is 2. The average Bonchev–Trinajstić information content (AvgIpc) is 2.47. The first-order valence-corrected chi connectivity index (χ1v) is 7.71. The third-order valence-corrected chi connectivity index (χ3v) is 4.79. The van der Waals surface area contributed by atoms with Crippen LogP contribution in [0.2, 0.25) is 0 Å². The van der Waals surface area contributed by atoms with Crippen LogP contribution in [0.5, 0.6) is 0 Å². The summed E-state index contributed by atoms with van der Waals surface area (Å²) in [6, 6.07) is 0. The van der Waals surface area contributed by atoms with Gasteiger partial charge in [0.2, 0.25) is 5.91 Å². The van der Waals surface area contributed by atoms with E-state index in [9.17, 15) is 9.59 Å². The number of aliphatic carboxylic acids is 1. The van der Waals surface area contributed by atoms with Crippen LogP contribution in [0.3, 0.4) is 0 Å². The second kappa shape index (κ2) is 6.75. The maximum atomic E-state index is 12.3. The Morgan fingerprint density at radius 2 is 1.95 bits per heavy atom. The van der Waals surface area contributed by atoms with E-state index in [0.717, 1.165) is 25.9 Å². The van der Waals surface area contributed by atoms with Crippen molar-refractivity contribution in [2.45, 2.75) is 38.2 Å². The van der Waals surface area contributed by atoms with Crippen LogP contribution in [0.25, 0.3) is 0 Å². The standard InChI is InChI=1S/C15H26N2O4/c1-15(21-2)6-3-7-16(11-15)10-13(18)17-8-4-12(5-9-17)14(19)20/h12H,3-11H2,1-2H3,(H,19,20). The highest BCUT2D eigenvalue weighted by atomic mass is 16.5. The van der Waals surface area contributed by atoms with Crippen LogP contribution in [0, 0.1) is 5.92 Å². The van der Waals surface area contributed by atoms with E-state index < -0.39 is 5.97 Å². The number of ether oxygens (including phenoxy) is 1. The average molecular weight is 298 g/mol. The Bertz CT molecular complexity index is 393. The molecule has 0 spiro atoms. The highest BCUT2D eigenvalue weighted by Gasteiger charge is 2.33. The van der Waals surface area contributed by atoms with E-state index in [1.54, 1.807) is 12.0 Å². The molecule has 1 amide bonds. The lowest BCUT2D eigenvalue weighted by molar-refractivity contribution is -0.146. The molecule has 6 nitrogen and oxygen atoms in total. The van der Waals surface area contributed by atoms with Crippen LogP contribution in [0.1, 0.15) is 32.6 Å². The summed E-state index contributed by atoms with van der Waals surface area (Å²) in [4.78, 5) is 27.2. The molecule has 2 heterocycles. The van der Waals surface area contributed by atoms with Gasteiger partial charge in [-0.05, 0) is 39.2 Å². The van der Waals surface area contributed by atoms with Crippen molar-refractivity contribution in [3.05, 3.63) is 0 Å². The van der Waals surface area contributed by atoms with Crippen LogP contribution in [-0.2, 0) is 14.3 Å². The molecule has 2 fully saturated rings. The molecule has 6 heteroatoms. The van der Waals surface area contributed by atoms with Gasteiger partial charge in [-0.2, -0.15) is 0 Å². The predicted molar refractivity (Wildman–Crippen MR) is 78.0 cm³/mol. The van der Waals surface area contributed by atoms with E-state index in [0.29, 0.717) is 32.5 Å². The topological polar surface area (TPSA) is 70.1 Å². The van der Waals surface area contributed by atoms with Crippen molar-refractivity contribution >= 4 is 11.9 Å². The van der Waals surface area contributed by atoms with Gasteiger partial charge in [-0.3, -0.25) is 14.5 Å². The molecule has 0 radical (unpaired) electrons. The number of hydrogen-bond donors (Lipinski definition) is 1. The lowest BCUT2D eigenvalue weighted by Crippen LogP contribution is -2.51. The molecule has 1 N–H and O–H groups in total. The summed E-state index contributed by atoms with van der Waals surface area (Å²) >= 11 is 0. The molecule has 0 saturated carbocycles. The van der Waals surface area contributed by atoms with Crippen molar-refractivity contribution in [2.24, 2.45) is 5.92 Å². The van der Waals surface area contributed by atoms with Crippen molar-refractivity contribution in [1.82, 2.24) is 9.80 Å². The molecule has 0 bridgehead atoms. The monoisotopic (exact) mass is 298 g/mol. The van der Waals surface area contributed by atoms with Gasteiger partial charge in [0.05, 0.1) is 18.1 Å². The van der Waals surface area contributed by atoms with Crippen LogP contribution < -0.4 is 0 Å². The normalized spacial score (nSPS) is 28.6. The van der Waals surface area contributed by atoms with Crippen LogP contribution in [0.15, 0.2) is 0 Å². The van der Waals surface area contributed by atoms with Crippen molar-refractivity contribution in [1.29, 1.82) is 0 Å². The quantitative estimate of drug-likeness (QED) is 0.832. The first-order chi connectivity index (χ1) is 9.93. The molecule has 120 valence electrons. The van der Waals surface area contributed by atoms with Gasteiger partial charge < -0.3 is 14.7 Å². The second-order valence-electron chi connectivity index (χ2n) is 6.46. The third-order valence-electron chi connectivity index (χ3n) is 4.79. The predicted octanol–water partition coefficient (Wildman–Crippen LogP) is 0.811. The first kappa shape index (κ1) is 16.2. The molecule has 2 aliphatic rings. The van der Waals surface area contributed by atoms with Crippen LogP contribution in [0.4, 0.5) is 0 Å². The van der Waals surface area contributed by atoms with E-state index in [-0.39, 0.29) is 17.4 Å². The van der Waals surface area contributed by atoms with E-state index in [1.807, 2.05) is 0 Å². The Morgan fingerprint density at radius 1 is 1.29 bits per heavy atom. The number of hydrogen-bond acceptors (Lipinski definition) is 4. The Labute approximate surface area is 126 Å². The molecule has 0 aromatic carbocycles. The number of carbonyl (C=O) groups excluding carboxylic acids is 1. The molecular formula is C15H26N2O4. The number of carboxylic acid groups (broad SMARTS) is 1. The van der Waals surface area contributed by atoms with Gasteiger partial charge in [-0.15, -0.1) is 0 Å².